The van der Waals surface area contributed by atoms with E-state index in [9.17, 15) is 19.8 Å². The average Bonchev–Trinajstić information content (AvgIpc) is 2.10. The maximum Gasteiger partial charge on any atom is 0.350 e. The van der Waals surface area contributed by atoms with Gasteiger partial charge in [0.2, 0.25) is 5.79 Å². The molecule has 0 saturated heterocycles. The summed E-state index contributed by atoms with van der Waals surface area (Å²) in [7, 11) is 0. The van der Waals surface area contributed by atoms with E-state index < -0.39 is 29.2 Å². The van der Waals surface area contributed by atoms with Gasteiger partial charge in [-0.2, -0.15) is 0 Å². The molecule has 0 heterocycles. The third-order valence-electron chi connectivity index (χ3n) is 2.92. The Kier molecular flexibility index (Phi) is 4.68. The summed E-state index contributed by atoms with van der Waals surface area (Å²) in [6.07, 6.45) is -2.01. The van der Waals surface area contributed by atoms with E-state index in [0.717, 1.165) is 6.92 Å². The number of carbonyl (C=O) groups is 2. The van der Waals surface area contributed by atoms with Crippen LogP contribution < -0.4 is 0 Å². The molecule has 0 radical (unpaired) electrons. The minimum atomic E-state index is -2.62. The number of carbonyl (C=O) groups excluding carboxylic acids is 1. The molecule has 0 aromatic carbocycles. The fraction of sp³-hybridized carbons (Fsp3) is 0.818. The number of hydrogen-bond acceptors (Lipinski definition) is 5. The van der Waals surface area contributed by atoms with E-state index in [4.69, 9.17) is 5.11 Å². The van der Waals surface area contributed by atoms with E-state index in [2.05, 4.69) is 4.74 Å². The number of esters is 1. The number of rotatable bonds is 5. The number of aliphatic hydroxyl groups is 2. The fourth-order valence-corrected chi connectivity index (χ4v) is 0.891. The first-order valence-electron chi connectivity index (χ1n) is 5.29. The molecule has 0 rings (SSSR count). The lowest BCUT2D eigenvalue weighted by Gasteiger charge is -2.31. The summed E-state index contributed by atoms with van der Waals surface area (Å²) in [5, 5.41) is 27.2. The highest BCUT2D eigenvalue weighted by atomic mass is 16.6. The Balaban J connectivity index is 4.93. The predicted molar refractivity (Wildman–Crippen MR) is 59.0 cm³/mol. The molecular formula is C11H20O6. The Labute approximate surface area is 100 Å². The molecule has 0 bridgehead atoms. The molecule has 0 amide bonds. The normalized spacial score (nSPS) is 14.6. The predicted octanol–water partition coefficient (Wildman–Crippen LogP) is 0.366. The van der Waals surface area contributed by atoms with Crippen molar-refractivity contribution in [1.29, 1.82) is 0 Å². The zero-order valence-electron chi connectivity index (χ0n) is 10.7. The van der Waals surface area contributed by atoms with Crippen LogP contribution in [0, 0.1) is 11.3 Å². The first-order chi connectivity index (χ1) is 7.40. The topological polar surface area (TPSA) is 104 Å². The summed E-state index contributed by atoms with van der Waals surface area (Å²) in [5.41, 5.74) is -0.904. The number of aliphatic carboxylic acids is 1. The summed E-state index contributed by atoms with van der Waals surface area (Å²) in [6, 6.07) is 0. The van der Waals surface area contributed by atoms with Crippen molar-refractivity contribution in [1.82, 2.24) is 0 Å². The average molecular weight is 248 g/mol. The lowest BCUT2D eigenvalue weighted by Crippen LogP contribution is -2.49. The quantitative estimate of drug-likeness (QED) is 0.479. The van der Waals surface area contributed by atoms with Gasteiger partial charge in [-0.05, 0) is 26.7 Å². The highest BCUT2D eigenvalue weighted by Gasteiger charge is 2.43. The van der Waals surface area contributed by atoms with E-state index in [-0.39, 0.29) is 5.92 Å². The van der Waals surface area contributed by atoms with Gasteiger partial charge in [-0.1, -0.05) is 13.8 Å². The smallest absolute Gasteiger partial charge is 0.350 e. The molecule has 0 aliphatic carbocycles. The van der Waals surface area contributed by atoms with E-state index in [1.807, 2.05) is 0 Å². The molecule has 0 fully saturated rings. The Morgan fingerprint density at radius 1 is 1.12 bits per heavy atom. The van der Waals surface area contributed by atoms with Crippen molar-refractivity contribution in [3.05, 3.63) is 0 Å². The van der Waals surface area contributed by atoms with Crippen LogP contribution in [0.1, 0.15) is 34.6 Å². The second-order valence-electron chi connectivity index (χ2n) is 5.09. The minimum absolute atomic E-state index is 0.0758. The second kappa shape index (κ2) is 5.01. The van der Waals surface area contributed by atoms with Crippen LogP contribution in [-0.2, 0) is 14.3 Å². The van der Waals surface area contributed by atoms with Gasteiger partial charge in [0.1, 0.15) is 0 Å². The van der Waals surface area contributed by atoms with Crippen molar-refractivity contribution in [2.45, 2.75) is 46.5 Å². The fourth-order valence-electron chi connectivity index (χ4n) is 0.891. The summed E-state index contributed by atoms with van der Waals surface area (Å²) < 4.78 is 4.66. The Morgan fingerprint density at radius 2 is 1.53 bits per heavy atom. The molecule has 1 atom stereocenters. The lowest BCUT2D eigenvalue weighted by molar-refractivity contribution is -0.234. The lowest BCUT2D eigenvalue weighted by atomic mass is 9.81. The van der Waals surface area contributed by atoms with Crippen LogP contribution in [0.4, 0.5) is 0 Å². The zero-order chi connectivity index (χ0) is 14.0. The van der Waals surface area contributed by atoms with Crippen molar-refractivity contribution in [3.63, 3.8) is 0 Å². The number of ether oxygens (including phenoxy) is 1. The first-order valence-corrected chi connectivity index (χ1v) is 5.29. The molecule has 0 spiro atoms. The van der Waals surface area contributed by atoms with E-state index in [1.165, 1.54) is 0 Å². The molecule has 0 saturated carbocycles. The number of carboxylic acids is 1. The molecular weight excluding hydrogens is 228 g/mol. The molecule has 0 aromatic rings. The summed E-state index contributed by atoms with van der Waals surface area (Å²) >= 11 is 0. The van der Waals surface area contributed by atoms with Crippen molar-refractivity contribution in [3.8, 4) is 0 Å². The molecule has 0 aromatic heterocycles. The third-order valence-corrected chi connectivity index (χ3v) is 2.92. The number of hydrogen-bond donors (Lipinski definition) is 3. The van der Waals surface area contributed by atoms with Crippen LogP contribution in [0.25, 0.3) is 0 Å². The van der Waals surface area contributed by atoms with Gasteiger partial charge in [0.15, 0.2) is 0 Å². The Hall–Kier alpha value is -1.14. The minimum Gasteiger partial charge on any atom is -0.478 e. The highest BCUT2D eigenvalue weighted by Crippen LogP contribution is 2.29. The highest BCUT2D eigenvalue weighted by molar-refractivity contribution is 5.81. The molecule has 6 nitrogen and oxygen atoms in total. The zero-order valence-corrected chi connectivity index (χ0v) is 10.7. The van der Waals surface area contributed by atoms with Gasteiger partial charge in [-0.15, -0.1) is 0 Å². The van der Waals surface area contributed by atoms with Gasteiger partial charge in [0.05, 0.1) is 5.41 Å². The van der Waals surface area contributed by atoms with Crippen molar-refractivity contribution < 1.29 is 29.6 Å². The molecule has 100 valence electrons. The second-order valence-corrected chi connectivity index (χ2v) is 5.09. The van der Waals surface area contributed by atoms with E-state index >= 15 is 0 Å². The summed E-state index contributed by atoms with van der Waals surface area (Å²) in [4.78, 5) is 22.5. The molecule has 1 unspecified atom stereocenters. The van der Waals surface area contributed by atoms with Gasteiger partial charge >= 0.3 is 11.9 Å². The summed E-state index contributed by atoms with van der Waals surface area (Å²) in [5.74, 6) is -5.08. The van der Waals surface area contributed by atoms with Crippen molar-refractivity contribution in [2.24, 2.45) is 11.3 Å². The SMILES string of the molecule is CC(C)C(C)(C)C(=O)OC(C(=O)O)C(C)(O)O. The van der Waals surface area contributed by atoms with Gasteiger partial charge in [0, 0.05) is 0 Å². The van der Waals surface area contributed by atoms with Gasteiger partial charge in [-0.25, -0.2) is 4.79 Å². The Bertz CT molecular complexity index is 300. The van der Waals surface area contributed by atoms with Crippen LogP contribution >= 0.6 is 0 Å². The van der Waals surface area contributed by atoms with Gasteiger partial charge in [-0.3, -0.25) is 4.79 Å². The standard InChI is InChI=1S/C11H20O6/c1-6(2)10(3,4)9(14)17-7(8(12)13)11(5,15)16/h6-7,15-16H,1-5H3,(H,12,13). The van der Waals surface area contributed by atoms with Crippen LogP contribution in [0.5, 0.6) is 0 Å². The summed E-state index contributed by atoms with van der Waals surface area (Å²) in [6.45, 7) is 7.62. The van der Waals surface area contributed by atoms with Crippen LogP contribution in [0.3, 0.4) is 0 Å². The molecule has 6 heteroatoms. The van der Waals surface area contributed by atoms with Crippen molar-refractivity contribution in [2.75, 3.05) is 0 Å². The van der Waals surface area contributed by atoms with E-state index in [0.29, 0.717) is 0 Å². The monoisotopic (exact) mass is 248 g/mol. The van der Waals surface area contributed by atoms with E-state index in [1.54, 1.807) is 27.7 Å². The maximum absolute atomic E-state index is 11.8. The van der Waals surface area contributed by atoms with Gasteiger partial charge < -0.3 is 20.1 Å². The van der Waals surface area contributed by atoms with Crippen LogP contribution in [0.2, 0.25) is 0 Å². The van der Waals surface area contributed by atoms with Crippen LogP contribution in [-0.4, -0.2) is 39.1 Å². The molecule has 0 aliphatic rings. The largest absolute Gasteiger partial charge is 0.478 e. The molecule has 0 aliphatic heterocycles. The number of carboxylic acid groups (broad SMARTS) is 1. The third kappa shape index (κ3) is 3.98. The first kappa shape index (κ1) is 15.9. The maximum atomic E-state index is 11.8. The van der Waals surface area contributed by atoms with Crippen molar-refractivity contribution >= 4 is 11.9 Å². The molecule has 17 heavy (non-hydrogen) atoms. The van der Waals surface area contributed by atoms with Crippen LogP contribution in [0.15, 0.2) is 0 Å². The van der Waals surface area contributed by atoms with Gasteiger partial charge in [0.25, 0.3) is 6.10 Å². The Morgan fingerprint density at radius 3 is 1.76 bits per heavy atom. The molecule has 3 N–H and O–H groups in total.